The van der Waals surface area contributed by atoms with Crippen molar-refractivity contribution in [2.75, 3.05) is 13.2 Å². The van der Waals surface area contributed by atoms with Crippen molar-refractivity contribution in [2.24, 2.45) is 0 Å². The fourth-order valence-corrected chi connectivity index (χ4v) is 1.94. The van der Waals surface area contributed by atoms with Gasteiger partial charge in [-0.15, -0.1) is 22.2 Å². The van der Waals surface area contributed by atoms with Crippen LogP contribution in [0.3, 0.4) is 0 Å². The molecule has 0 radical (unpaired) electrons. The van der Waals surface area contributed by atoms with Gasteiger partial charge in [-0.05, 0) is 13.5 Å². The zero-order valence-electron chi connectivity index (χ0n) is 7.29. The number of ether oxygens (including phenoxy) is 1. The molecule has 1 nitrogen and oxygen atoms in total. The lowest BCUT2D eigenvalue weighted by Crippen LogP contribution is -2.50. The summed E-state index contributed by atoms with van der Waals surface area (Å²) in [6, 6.07) is 0. The fourth-order valence-electron chi connectivity index (χ4n) is 0.601. The highest BCUT2D eigenvalue weighted by Gasteiger charge is 2.57. The molecule has 0 aliphatic heterocycles. The zero-order valence-corrected chi connectivity index (χ0v) is 9.80. The predicted molar refractivity (Wildman–Crippen MR) is 49.7 cm³/mol. The van der Waals surface area contributed by atoms with Crippen molar-refractivity contribution in [1.82, 2.24) is 0 Å². The number of rotatable bonds is 5. The standard InChI is InChI=1S/C6H11Cl2F3OSi/c1-3-12-4-5(9)6(10,11)13(2,7)8/h5H,3-4H2,1-2H3. The van der Waals surface area contributed by atoms with Gasteiger partial charge in [-0.3, -0.25) is 0 Å². The molecule has 0 heterocycles. The van der Waals surface area contributed by atoms with Gasteiger partial charge < -0.3 is 4.74 Å². The Kier molecular flexibility index (Phi) is 5.07. The monoisotopic (exact) mass is 254 g/mol. The Morgan fingerprint density at radius 3 is 2.23 bits per heavy atom. The first-order chi connectivity index (χ1) is 5.73. The van der Waals surface area contributed by atoms with E-state index in [1.807, 2.05) is 0 Å². The minimum atomic E-state index is -3.84. The molecule has 0 saturated carbocycles. The van der Waals surface area contributed by atoms with Gasteiger partial charge in [0.25, 0.3) is 5.55 Å². The maximum atomic E-state index is 13.0. The third-order valence-corrected chi connectivity index (χ3v) is 4.44. The number of hydrogen-bond donors (Lipinski definition) is 0. The Morgan fingerprint density at radius 2 is 1.92 bits per heavy atom. The van der Waals surface area contributed by atoms with Gasteiger partial charge in [-0.2, -0.15) is 0 Å². The Hall–Kier alpha value is 0.547. The van der Waals surface area contributed by atoms with Crippen LogP contribution in [-0.2, 0) is 4.74 Å². The molecule has 0 spiro atoms. The molecule has 0 amide bonds. The Balaban J connectivity index is 4.27. The van der Waals surface area contributed by atoms with Crippen molar-refractivity contribution < 1.29 is 17.9 Å². The van der Waals surface area contributed by atoms with E-state index < -0.39 is 25.0 Å². The maximum absolute atomic E-state index is 13.0. The molecule has 0 N–H and O–H groups in total. The summed E-state index contributed by atoms with van der Waals surface area (Å²) in [5.74, 6) is 0. The third-order valence-electron chi connectivity index (χ3n) is 1.45. The summed E-state index contributed by atoms with van der Waals surface area (Å²) >= 11 is 10.5. The summed E-state index contributed by atoms with van der Waals surface area (Å²) in [6.07, 6.45) is -2.43. The van der Waals surface area contributed by atoms with Gasteiger partial charge in [0.05, 0.1) is 6.61 Å². The van der Waals surface area contributed by atoms with Crippen molar-refractivity contribution in [3.05, 3.63) is 0 Å². The molecule has 1 atom stereocenters. The first-order valence-corrected chi connectivity index (χ1v) is 8.23. The maximum Gasteiger partial charge on any atom is 0.327 e. The Bertz CT molecular complexity index is 162. The predicted octanol–water partition coefficient (Wildman–Crippen LogP) is 3.09. The molecule has 0 aromatic carbocycles. The second-order valence-corrected chi connectivity index (χ2v) is 10.2. The summed E-state index contributed by atoms with van der Waals surface area (Å²) in [5, 5.41) is 0. The number of alkyl halides is 3. The number of halogens is 5. The molecule has 1 unspecified atom stereocenters. The van der Waals surface area contributed by atoms with E-state index in [4.69, 9.17) is 22.2 Å². The summed E-state index contributed by atoms with van der Waals surface area (Å²) < 4.78 is 43.4. The van der Waals surface area contributed by atoms with Gasteiger partial charge in [-0.1, -0.05) is 0 Å². The van der Waals surface area contributed by atoms with Gasteiger partial charge >= 0.3 is 6.69 Å². The van der Waals surface area contributed by atoms with Crippen LogP contribution in [0.25, 0.3) is 0 Å². The fraction of sp³-hybridized carbons (Fsp3) is 1.00. The van der Waals surface area contributed by atoms with Crippen LogP contribution in [0.5, 0.6) is 0 Å². The van der Waals surface area contributed by atoms with Crippen molar-refractivity contribution in [2.45, 2.75) is 25.2 Å². The molecule has 0 bridgehead atoms. The van der Waals surface area contributed by atoms with E-state index in [2.05, 4.69) is 4.74 Å². The van der Waals surface area contributed by atoms with Gasteiger partial charge in [0.1, 0.15) is 0 Å². The molecule has 7 heteroatoms. The molecule has 0 aromatic rings. The van der Waals surface area contributed by atoms with E-state index >= 15 is 0 Å². The normalized spacial score (nSPS) is 15.9. The minimum Gasteiger partial charge on any atom is -0.378 e. The molecule has 80 valence electrons. The summed E-state index contributed by atoms with van der Waals surface area (Å²) in [6.45, 7) is -1.77. The average molecular weight is 255 g/mol. The van der Waals surface area contributed by atoms with Gasteiger partial charge in [-0.25, -0.2) is 13.2 Å². The Morgan fingerprint density at radius 1 is 1.46 bits per heavy atom. The second-order valence-electron chi connectivity index (χ2n) is 2.64. The molecule has 0 aliphatic carbocycles. The van der Waals surface area contributed by atoms with Crippen LogP contribution >= 0.6 is 22.2 Å². The molecule has 0 fully saturated rings. The van der Waals surface area contributed by atoms with Crippen LogP contribution in [-0.4, -0.2) is 31.6 Å². The quantitative estimate of drug-likeness (QED) is 0.542. The SMILES string of the molecule is CCOCC(F)C(F)(F)[Si](C)(Cl)Cl. The van der Waals surface area contributed by atoms with Crippen LogP contribution in [0, 0.1) is 0 Å². The summed E-state index contributed by atoms with van der Waals surface area (Å²) in [7, 11) is 0. The first kappa shape index (κ1) is 13.5. The third kappa shape index (κ3) is 3.65. The van der Waals surface area contributed by atoms with Crippen molar-refractivity contribution in [3.63, 3.8) is 0 Å². The van der Waals surface area contributed by atoms with Gasteiger partial charge in [0.15, 0.2) is 6.17 Å². The van der Waals surface area contributed by atoms with E-state index in [0.717, 1.165) is 6.55 Å². The second kappa shape index (κ2) is 4.86. The first-order valence-electron chi connectivity index (χ1n) is 3.71. The molecule has 0 aliphatic rings. The molecular formula is C6H11Cl2F3OSi. The lowest BCUT2D eigenvalue weighted by molar-refractivity contribution is -0.0425. The lowest BCUT2D eigenvalue weighted by atomic mass is 10.4. The molecular weight excluding hydrogens is 244 g/mol. The average Bonchev–Trinajstić information content (AvgIpc) is 1.97. The molecule has 13 heavy (non-hydrogen) atoms. The summed E-state index contributed by atoms with van der Waals surface area (Å²) in [5.41, 5.74) is -3.68. The van der Waals surface area contributed by atoms with Crippen molar-refractivity contribution >= 4 is 28.9 Å². The van der Waals surface area contributed by atoms with Crippen LogP contribution < -0.4 is 0 Å². The van der Waals surface area contributed by atoms with Gasteiger partial charge in [0, 0.05) is 6.61 Å². The van der Waals surface area contributed by atoms with Crippen LogP contribution in [0.2, 0.25) is 6.55 Å². The zero-order chi connectivity index (χ0) is 10.7. The highest BCUT2D eigenvalue weighted by molar-refractivity contribution is 7.45. The highest BCUT2D eigenvalue weighted by atomic mass is 35.7. The van der Waals surface area contributed by atoms with E-state index in [1.165, 1.54) is 0 Å². The van der Waals surface area contributed by atoms with E-state index in [0.29, 0.717) is 0 Å². The van der Waals surface area contributed by atoms with Crippen LogP contribution in [0.15, 0.2) is 0 Å². The van der Waals surface area contributed by atoms with E-state index in [9.17, 15) is 13.2 Å². The minimum absolute atomic E-state index is 0.180. The highest BCUT2D eigenvalue weighted by Crippen LogP contribution is 2.38. The molecule has 0 saturated heterocycles. The van der Waals surface area contributed by atoms with E-state index in [-0.39, 0.29) is 6.61 Å². The topological polar surface area (TPSA) is 9.23 Å². The molecule has 0 aromatic heterocycles. The van der Waals surface area contributed by atoms with Gasteiger partial charge in [0.2, 0.25) is 0 Å². The van der Waals surface area contributed by atoms with E-state index in [1.54, 1.807) is 6.92 Å². The van der Waals surface area contributed by atoms with Crippen LogP contribution in [0.1, 0.15) is 6.92 Å². The lowest BCUT2D eigenvalue weighted by Gasteiger charge is -2.26. The van der Waals surface area contributed by atoms with Crippen molar-refractivity contribution in [3.8, 4) is 0 Å². The van der Waals surface area contributed by atoms with Crippen molar-refractivity contribution in [1.29, 1.82) is 0 Å². The molecule has 0 rings (SSSR count). The van der Waals surface area contributed by atoms with Crippen LogP contribution in [0.4, 0.5) is 13.2 Å². The number of hydrogen-bond acceptors (Lipinski definition) is 1. The summed E-state index contributed by atoms with van der Waals surface area (Å²) in [4.78, 5) is 0. The smallest absolute Gasteiger partial charge is 0.327 e. The largest absolute Gasteiger partial charge is 0.378 e. The Labute approximate surface area is 85.6 Å².